The van der Waals surface area contributed by atoms with Gasteiger partial charge in [0.2, 0.25) is 0 Å². The number of aryl methyl sites for hydroxylation is 1. The van der Waals surface area contributed by atoms with Crippen LogP contribution >= 0.6 is 0 Å². The normalized spacial score (nSPS) is 19.6. The van der Waals surface area contributed by atoms with Crippen molar-refractivity contribution in [1.82, 2.24) is 10.2 Å². The number of benzene rings is 1. The molecule has 0 bridgehead atoms. The van der Waals surface area contributed by atoms with E-state index in [1.807, 2.05) is 26.0 Å². The number of hydrogen-bond donors (Lipinski definition) is 2. The average Bonchev–Trinajstić information content (AvgIpc) is 2.44. The number of phenols is 1. The number of phenolic OH excluding ortho intramolecular Hbond substituents is 1. The third-order valence-electron chi connectivity index (χ3n) is 3.83. The van der Waals surface area contributed by atoms with Crippen LogP contribution < -0.4 is 5.32 Å². The fraction of sp³-hybridized carbons (Fsp3) is 0.533. The lowest BCUT2D eigenvalue weighted by Gasteiger charge is -2.39. The lowest BCUT2D eigenvalue weighted by atomic mass is 9.90. The van der Waals surface area contributed by atoms with Gasteiger partial charge in [-0.3, -0.25) is 4.90 Å². The van der Waals surface area contributed by atoms with Gasteiger partial charge in [0.05, 0.1) is 6.07 Å². The fourth-order valence-corrected chi connectivity index (χ4v) is 2.61. The Kier molecular flexibility index (Phi) is 4.08. The second-order valence-corrected chi connectivity index (χ2v) is 5.43. The van der Waals surface area contributed by atoms with Crippen molar-refractivity contribution in [2.24, 2.45) is 0 Å². The van der Waals surface area contributed by atoms with Gasteiger partial charge in [-0.2, -0.15) is 5.26 Å². The minimum atomic E-state index is -0.562. The predicted molar refractivity (Wildman–Crippen MR) is 75.0 cm³/mol. The third-order valence-corrected chi connectivity index (χ3v) is 3.83. The summed E-state index contributed by atoms with van der Waals surface area (Å²) in [5.41, 5.74) is 1.39. The highest BCUT2D eigenvalue weighted by atomic mass is 16.3. The van der Waals surface area contributed by atoms with Gasteiger partial charge in [0.1, 0.15) is 11.3 Å². The molecule has 1 aromatic rings. The largest absolute Gasteiger partial charge is 0.508 e. The van der Waals surface area contributed by atoms with E-state index < -0.39 is 5.54 Å². The number of rotatable bonds is 3. The maximum Gasteiger partial charge on any atom is 0.118 e. The molecule has 1 aromatic carbocycles. The summed E-state index contributed by atoms with van der Waals surface area (Å²) in [7, 11) is 0. The highest BCUT2D eigenvalue weighted by Gasteiger charge is 2.33. The predicted octanol–water partition coefficient (Wildman–Crippen LogP) is 1.43. The van der Waals surface area contributed by atoms with E-state index in [9.17, 15) is 10.4 Å². The molecule has 0 aromatic heterocycles. The van der Waals surface area contributed by atoms with E-state index in [2.05, 4.69) is 16.3 Å². The monoisotopic (exact) mass is 259 g/mol. The van der Waals surface area contributed by atoms with Gasteiger partial charge < -0.3 is 10.4 Å². The zero-order valence-corrected chi connectivity index (χ0v) is 11.6. The molecule has 0 amide bonds. The molecule has 2 N–H and O–H groups in total. The van der Waals surface area contributed by atoms with Crippen LogP contribution in [0.1, 0.15) is 18.1 Å². The number of aromatic hydroxyl groups is 1. The number of nitriles is 1. The van der Waals surface area contributed by atoms with Crippen LogP contribution in [0.15, 0.2) is 18.2 Å². The second kappa shape index (κ2) is 5.60. The van der Waals surface area contributed by atoms with Gasteiger partial charge >= 0.3 is 0 Å². The first kappa shape index (κ1) is 13.9. The Morgan fingerprint density at radius 1 is 1.42 bits per heavy atom. The Labute approximate surface area is 114 Å². The Balaban J connectivity index is 2.22. The summed E-state index contributed by atoms with van der Waals surface area (Å²) in [4.78, 5) is 2.20. The van der Waals surface area contributed by atoms with Gasteiger partial charge in [0.15, 0.2) is 0 Å². The molecule has 0 aliphatic carbocycles. The minimum absolute atomic E-state index is 0.280. The standard InChI is InChI=1S/C15H21N3O/c1-12-3-4-14(19)13(9-12)10-15(2,11-16)18-7-5-17-6-8-18/h3-4,9,17,19H,5-8,10H2,1-2H3. The van der Waals surface area contributed by atoms with E-state index in [1.54, 1.807) is 6.07 Å². The van der Waals surface area contributed by atoms with E-state index in [0.717, 1.165) is 37.3 Å². The first-order valence-corrected chi connectivity index (χ1v) is 6.71. The van der Waals surface area contributed by atoms with E-state index in [1.165, 1.54) is 0 Å². The summed E-state index contributed by atoms with van der Waals surface area (Å²) in [6, 6.07) is 7.99. The van der Waals surface area contributed by atoms with Crippen LogP contribution in [0.5, 0.6) is 5.75 Å². The van der Waals surface area contributed by atoms with E-state index in [-0.39, 0.29) is 5.75 Å². The summed E-state index contributed by atoms with van der Waals surface area (Å²) >= 11 is 0. The van der Waals surface area contributed by atoms with Gasteiger partial charge in [-0.15, -0.1) is 0 Å². The summed E-state index contributed by atoms with van der Waals surface area (Å²) in [6.07, 6.45) is 0.553. The SMILES string of the molecule is Cc1ccc(O)c(CC(C)(C#N)N2CCNCC2)c1. The highest BCUT2D eigenvalue weighted by molar-refractivity contribution is 5.38. The lowest BCUT2D eigenvalue weighted by Crippen LogP contribution is -2.55. The van der Waals surface area contributed by atoms with Crippen LogP contribution in [0.25, 0.3) is 0 Å². The lowest BCUT2D eigenvalue weighted by molar-refractivity contribution is 0.132. The summed E-state index contributed by atoms with van der Waals surface area (Å²) in [5, 5.41) is 22.8. The maximum atomic E-state index is 9.95. The quantitative estimate of drug-likeness (QED) is 0.862. The Morgan fingerprint density at radius 3 is 2.74 bits per heavy atom. The van der Waals surface area contributed by atoms with Crippen molar-refractivity contribution in [3.05, 3.63) is 29.3 Å². The van der Waals surface area contributed by atoms with Crippen molar-refractivity contribution in [3.63, 3.8) is 0 Å². The molecule has 1 aliphatic rings. The number of piperazine rings is 1. The molecule has 102 valence electrons. The smallest absolute Gasteiger partial charge is 0.118 e. The Morgan fingerprint density at radius 2 is 2.11 bits per heavy atom. The molecule has 19 heavy (non-hydrogen) atoms. The second-order valence-electron chi connectivity index (χ2n) is 5.43. The third kappa shape index (κ3) is 3.06. The Hall–Kier alpha value is -1.57. The Bertz CT molecular complexity index is 489. The molecule has 1 atom stereocenters. The number of hydrogen-bond acceptors (Lipinski definition) is 4. The van der Waals surface area contributed by atoms with Gasteiger partial charge in [-0.1, -0.05) is 17.7 Å². The number of nitrogens with zero attached hydrogens (tertiary/aromatic N) is 2. The van der Waals surface area contributed by atoms with Crippen LogP contribution in [-0.4, -0.2) is 41.7 Å². The first-order chi connectivity index (χ1) is 9.05. The van der Waals surface area contributed by atoms with Gasteiger partial charge in [-0.25, -0.2) is 0 Å². The summed E-state index contributed by atoms with van der Waals surface area (Å²) in [5.74, 6) is 0.280. The van der Waals surface area contributed by atoms with Crippen molar-refractivity contribution in [2.45, 2.75) is 25.8 Å². The van der Waals surface area contributed by atoms with E-state index >= 15 is 0 Å². The van der Waals surface area contributed by atoms with Gasteiger partial charge in [0.25, 0.3) is 0 Å². The fourth-order valence-electron chi connectivity index (χ4n) is 2.61. The molecule has 1 saturated heterocycles. The zero-order chi connectivity index (χ0) is 13.9. The molecule has 2 rings (SSSR count). The van der Waals surface area contributed by atoms with Crippen LogP contribution in [0, 0.1) is 18.3 Å². The van der Waals surface area contributed by atoms with Gasteiger partial charge in [0, 0.05) is 32.6 Å². The average molecular weight is 259 g/mol. The molecule has 4 nitrogen and oxygen atoms in total. The maximum absolute atomic E-state index is 9.95. The number of nitrogens with one attached hydrogen (secondary N) is 1. The van der Waals surface area contributed by atoms with E-state index in [4.69, 9.17) is 0 Å². The van der Waals surface area contributed by atoms with Crippen molar-refractivity contribution in [2.75, 3.05) is 26.2 Å². The van der Waals surface area contributed by atoms with Crippen molar-refractivity contribution in [1.29, 1.82) is 5.26 Å². The molecule has 1 heterocycles. The molecule has 0 spiro atoms. The van der Waals surface area contributed by atoms with Crippen molar-refractivity contribution >= 4 is 0 Å². The minimum Gasteiger partial charge on any atom is -0.508 e. The molecule has 1 unspecified atom stereocenters. The summed E-state index contributed by atoms with van der Waals surface area (Å²) < 4.78 is 0. The molecular formula is C15H21N3O. The molecule has 1 fully saturated rings. The van der Waals surface area contributed by atoms with Crippen LogP contribution in [0.3, 0.4) is 0 Å². The van der Waals surface area contributed by atoms with E-state index in [0.29, 0.717) is 6.42 Å². The summed E-state index contributed by atoms with van der Waals surface area (Å²) in [6.45, 7) is 7.53. The van der Waals surface area contributed by atoms with Crippen molar-refractivity contribution < 1.29 is 5.11 Å². The molecule has 0 radical (unpaired) electrons. The van der Waals surface area contributed by atoms with Gasteiger partial charge in [-0.05, 0) is 25.5 Å². The van der Waals surface area contributed by atoms with Crippen LogP contribution in [-0.2, 0) is 6.42 Å². The highest BCUT2D eigenvalue weighted by Crippen LogP contribution is 2.27. The molecule has 0 saturated carbocycles. The molecule has 4 heteroatoms. The van der Waals surface area contributed by atoms with Crippen LogP contribution in [0.2, 0.25) is 0 Å². The topological polar surface area (TPSA) is 59.3 Å². The van der Waals surface area contributed by atoms with Crippen molar-refractivity contribution in [3.8, 4) is 11.8 Å². The van der Waals surface area contributed by atoms with Crippen LogP contribution in [0.4, 0.5) is 0 Å². The zero-order valence-electron chi connectivity index (χ0n) is 11.6. The molecular weight excluding hydrogens is 238 g/mol. The molecule has 1 aliphatic heterocycles. The first-order valence-electron chi connectivity index (χ1n) is 6.71.